The van der Waals surface area contributed by atoms with Crippen molar-refractivity contribution >= 4 is 52.6 Å². The molecule has 14 heteroatoms. The first-order valence-corrected chi connectivity index (χ1v) is 13.2. The van der Waals surface area contributed by atoms with Crippen LogP contribution in [0.15, 0.2) is 66.7 Å². The van der Waals surface area contributed by atoms with E-state index in [4.69, 9.17) is 22.4 Å². The van der Waals surface area contributed by atoms with Crippen molar-refractivity contribution in [3.05, 3.63) is 88.4 Å². The topological polar surface area (TPSA) is 220 Å². The number of carboxylic acids is 1. The number of hydrogen-bond acceptors (Lipinski definition) is 8. The highest BCUT2D eigenvalue weighted by Crippen LogP contribution is 2.20. The van der Waals surface area contributed by atoms with Gasteiger partial charge < -0.3 is 42.3 Å². The van der Waals surface area contributed by atoms with Crippen LogP contribution < -0.4 is 27.0 Å². The molecule has 0 saturated heterocycles. The van der Waals surface area contributed by atoms with Crippen molar-refractivity contribution < 1.29 is 39.3 Å². The molecule has 3 atom stereocenters. The van der Waals surface area contributed by atoms with Crippen LogP contribution >= 0.6 is 11.6 Å². The van der Waals surface area contributed by atoms with E-state index in [2.05, 4.69) is 21.3 Å². The largest absolute Gasteiger partial charge is 0.508 e. The van der Waals surface area contributed by atoms with Crippen LogP contribution in [0.4, 0.5) is 11.4 Å². The fraction of sp³-hybridized carbons (Fsp3) is 0.207. The zero-order valence-electron chi connectivity index (χ0n) is 22.8. The number of carbonyl (C=O) groups excluding carboxylic acids is 4. The van der Waals surface area contributed by atoms with E-state index in [-0.39, 0.29) is 29.0 Å². The Morgan fingerprint density at radius 3 is 2.02 bits per heavy atom. The minimum absolute atomic E-state index is 0.000388. The van der Waals surface area contributed by atoms with Gasteiger partial charge in [-0.25, -0.2) is 0 Å². The number of carboxylic acid groups (broad SMARTS) is 1. The zero-order chi connectivity index (χ0) is 31.7. The van der Waals surface area contributed by atoms with E-state index < -0.39 is 54.3 Å². The Balaban J connectivity index is 1.94. The Morgan fingerprint density at radius 2 is 1.44 bits per heavy atom. The second-order valence-corrected chi connectivity index (χ2v) is 9.96. The molecule has 0 aliphatic rings. The number of anilines is 2. The zero-order valence-corrected chi connectivity index (χ0v) is 23.6. The number of halogens is 1. The summed E-state index contributed by atoms with van der Waals surface area (Å²) in [7, 11) is 0. The number of aliphatic hydroxyl groups is 1. The summed E-state index contributed by atoms with van der Waals surface area (Å²) in [5, 5.41) is 38.5. The molecule has 0 fully saturated rings. The highest BCUT2D eigenvalue weighted by Gasteiger charge is 2.25. The highest BCUT2D eigenvalue weighted by atomic mass is 35.5. The van der Waals surface area contributed by atoms with Crippen molar-refractivity contribution in [2.45, 2.75) is 31.5 Å². The summed E-state index contributed by atoms with van der Waals surface area (Å²) in [6.07, 6.45) is -1.26. The number of aliphatic hydroxyl groups excluding tert-OH is 1. The standard InChI is InChI=1S/C29H30ClN5O8/c1-15(36)25(31)29(43)34-21-12-17(26(40)33-20-6-4-19(30)5-7-20)11-18(13-21)27(41)35-23(28(42)32-14-24(38)39)10-16-2-8-22(37)9-3-16/h2-9,11-13,15,23,25,36-37H,10,14,31H2,1H3,(H,32,42)(H,33,40)(H,34,43)(H,35,41)(H,38,39). The predicted octanol–water partition coefficient (Wildman–Crippen LogP) is 1.49. The Bertz CT molecular complexity index is 1500. The van der Waals surface area contributed by atoms with Crippen molar-refractivity contribution in [3.8, 4) is 5.75 Å². The van der Waals surface area contributed by atoms with Gasteiger partial charge in [0.15, 0.2) is 0 Å². The van der Waals surface area contributed by atoms with Crippen LogP contribution in [0.1, 0.15) is 33.2 Å². The number of carbonyl (C=O) groups is 5. The van der Waals surface area contributed by atoms with Gasteiger partial charge in [-0.1, -0.05) is 23.7 Å². The van der Waals surface area contributed by atoms with Gasteiger partial charge in [-0.3, -0.25) is 24.0 Å². The minimum atomic E-state index is -1.31. The average Bonchev–Trinajstić information content (AvgIpc) is 2.97. The Labute approximate surface area is 251 Å². The normalized spacial score (nSPS) is 12.7. The molecule has 3 aromatic rings. The molecule has 0 spiro atoms. The van der Waals surface area contributed by atoms with E-state index in [9.17, 15) is 34.2 Å². The number of phenolic OH excluding ortho intramolecular Hbond substituents is 1. The number of aliphatic carboxylic acids is 1. The maximum atomic E-state index is 13.4. The Hall–Kier alpha value is -4.98. The van der Waals surface area contributed by atoms with E-state index in [1.807, 2.05) is 0 Å². The molecular formula is C29H30ClN5O8. The van der Waals surface area contributed by atoms with E-state index in [1.54, 1.807) is 24.3 Å². The molecule has 13 nitrogen and oxygen atoms in total. The smallest absolute Gasteiger partial charge is 0.322 e. The minimum Gasteiger partial charge on any atom is -0.508 e. The summed E-state index contributed by atoms with van der Waals surface area (Å²) in [5.41, 5.74) is 6.48. The third kappa shape index (κ3) is 9.81. The molecule has 0 radical (unpaired) electrons. The lowest BCUT2D eigenvalue weighted by Crippen LogP contribution is -2.49. The summed E-state index contributed by atoms with van der Waals surface area (Å²) in [6.45, 7) is 0.629. The van der Waals surface area contributed by atoms with Crippen LogP contribution in [0, 0.1) is 0 Å². The number of rotatable bonds is 12. The third-order valence-electron chi connectivity index (χ3n) is 6.06. The molecule has 0 saturated carbocycles. The molecule has 4 amide bonds. The van der Waals surface area contributed by atoms with Gasteiger partial charge in [-0.2, -0.15) is 0 Å². The van der Waals surface area contributed by atoms with E-state index >= 15 is 0 Å². The maximum Gasteiger partial charge on any atom is 0.322 e. The van der Waals surface area contributed by atoms with Crippen LogP contribution in [-0.2, 0) is 20.8 Å². The van der Waals surface area contributed by atoms with Crippen LogP contribution in [0.25, 0.3) is 0 Å². The number of phenols is 1. The highest BCUT2D eigenvalue weighted by molar-refractivity contribution is 6.30. The molecule has 43 heavy (non-hydrogen) atoms. The number of hydrogen-bond donors (Lipinski definition) is 8. The fourth-order valence-corrected chi connectivity index (χ4v) is 3.87. The van der Waals surface area contributed by atoms with Gasteiger partial charge in [-0.15, -0.1) is 0 Å². The second kappa shape index (κ2) is 14.8. The van der Waals surface area contributed by atoms with Crippen molar-refractivity contribution in [1.82, 2.24) is 10.6 Å². The Morgan fingerprint density at radius 1 is 0.837 bits per heavy atom. The summed E-state index contributed by atoms with van der Waals surface area (Å²) in [4.78, 5) is 62.9. The number of amides is 4. The second-order valence-electron chi connectivity index (χ2n) is 9.52. The van der Waals surface area contributed by atoms with Crippen molar-refractivity contribution in [1.29, 1.82) is 0 Å². The van der Waals surface area contributed by atoms with Gasteiger partial charge in [0.2, 0.25) is 11.8 Å². The lowest BCUT2D eigenvalue weighted by molar-refractivity contribution is -0.138. The van der Waals surface area contributed by atoms with Crippen molar-refractivity contribution in [3.63, 3.8) is 0 Å². The van der Waals surface area contributed by atoms with Gasteiger partial charge in [0.25, 0.3) is 11.8 Å². The summed E-state index contributed by atoms with van der Waals surface area (Å²) in [5.74, 6) is -4.36. The average molecular weight is 612 g/mol. The molecule has 3 aromatic carbocycles. The van der Waals surface area contributed by atoms with Crippen molar-refractivity contribution in [2.75, 3.05) is 17.2 Å². The SMILES string of the molecule is CC(O)C(N)C(=O)Nc1cc(C(=O)Nc2ccc(Cl)cc2)cc(C(=O)NC(Cc2ccc(O)cc2)C(=O)NCC(=O)O)c1. The molecule has 0 bridgehead atoms. The van der Waals surface area contributed by atoms with E-state index in [0.717, 1.165) is 0 Å². The predicted molar refractivity (Wildman–Crippen MR) is 158 cm³/mol. The van der Waals surface area contributed by atoms with Gasteiger partial charge in [-0.05, 0) is 67.1 Å². The van der Waals surface area contributed by atoms with Gasteiger partial charge in [0.1, 0.15) is 24.4 Å². The molecule has 3 rings (SSSR count). The van der Waals surface area contributed by atoms with E-state index in [0.29, 0.717) is 16.3 Å². The van der Waals surface area contributed by atoms with Crippen LogP contribution in [0.3, 0.4) is 0 Å². The monoisotopic (exact) mass is 611 g/mol. The molecule has 0 aliphatic heterocycles. The van der Waals surface area contributed by atoms with Crippen LogP contribution in [0.2, 0.25) is 5.02 Å². The molecular weight excluding hydrogens is 582 g/mol. The first kappa shape index (κ1) is 32.5. The number of benzene rings is 3. The van der Waals surface area contributed by atoms with Crippen LogP contribution in [-0.4, -0.2) is 69.7 Å². The summed E-state index contributed by atoms with van der Waals surface area (Å²) in [6, 6.07) is 13.3. The van der Waals surface area contributed by atoms with Gasteiger partial charge in [0.05, 0.1) is 6.10 Å². The van der Waals surface area contributed by atoms with Gasteiger partial charge in [0, 0.05) is 33.9 Å². The molecule has 0 aromatic heterocycles. The summed E-state index contributed by atoms with van der Waals surface area (Å²) < 4.78 is 0. The molecule has 0 aliphatic carbocycles. The van der Waals surface area contributed by atoms with Crippen molar-refractivity contribution in [2.24, 2.45) is 5.73 Å². The third-order valence-corrected chi connectivity index (χ3v) is 6.31. The fourth-order valence-electron chi connectivity index (χ4n) is 3.75. The number of aromatic hydroxyl groups is 1. The lowest BCUT2D eigenvalue weighted by Gasteiger charge is -2.19. The molecule has 226 valence electrons. The maximum absolute atomic E-state index is 13.4. The first-order valence-electron chi connectivity index (χ1n) is 12.9. The van der Waals surface area contributed by atoms with Gasteiger partial charge >= 0.3 is 5.97 Å². The van der Waals surface area contributed by atoms with E-state index in [1.165, 1.54) is 49.4 Å². The quantitative estimate of drug-likeness (QED) is 0.148. The molecule has 9 N–H and O–H groups in total. The molecule has 0 heterocycles. The Kier molecular flexibility index (Phi) is 11.2. The summed E-state index contributed by atoms with van der Waals surface area (Å²) >= 11 is 5.90. The lowest BCUT2D eigenvalue weighted by atomic mass is 10.0. The van der Waals surface area contributed by atoms with Crippen LogP contribution in [0.5, 0.6) is 5.75 Å². The number of nitrogens with one attached hydrogen (secondary N) is 4. The first-order chi connectivity index (χ1) is 20.3. The molecule has 3 unspecified atom stereocenters. The number of nitrogens with two attached hydrogens (primary N) is 1.